The lowest BCUT2D eigenvalue weighted by Gasteiger charge is -2.02. The second-order valence-electron chi connectivity index (χ2n) is 2.59. The summed E-state index contributed by atoms with van der Waals surface area (Å²) in [4.78, 5) is 10.3. The Morgan fingerprint density at radius 2 is 2.40 bits per heavy atom. The van der Waals surface area contributed by atoms with Gasteiger partial charge in [0.05, 0.1) is 5.75 Å². The number of carboxylic acid groups (broad SMARTS) is 1. The standard InChI is InChI=1S/C7H12N4O3S/c1-2-14-3-5-9-10-7(11(5)8)15-4-6(12)13/h2-4,8H2,1H3,(H,12,13). The molecule has 0 fully saturated rings. The van der Waals surface area contributed by atoms with Crippen molar-refractivity contribution in [1.29, 1.82) is 0 Å². The summed E-state index contributed by atoms with van der Waals surface area (Å²) in [7, 11) is 0. The fourth-order valence-corrected chi connectivity index (χ4v) is 1.42. The van der Waals surface area contributed by atoms with Gasteiger partial charge in [-0.1, -0.05) is 11.8 Å². The first-order valence-electron chi connectivity index (χ1n) is 4.26. The first kappa shape index (κ1) is 11.8. The molecule has 7 nitrogen and oxygen atoms in total. The van der Waals surface area contributed by atoms with Crippen LogP contribution < -0.4 is 5.84 Å². The number of hydrogen-bond donors (Lipinski definition) is 2. The number of nitrogens with zero attached hydrogens (tertiary/aromatic N) is 3. The fraction of sp³-hybridized carbons (Fsp3) is 0.571. The van der Waals surface area contributed by atoms with E-state index in [1.807, 2.05) is 6.92 Å². The summed E-state index contributed by atoms with van der Waals surface area (Å²) in [5, 5.41) is 16.4. The minimum absolute atomic E-state index is 0.0933. The van der Waals surface area contributed by atoms with E-state index in [1.165, 1.54) is 4.68 Å². The van der Waals surface area contributed by atoms with E-state index in [0.717, 1.165) is 11.8 Å². The molecule has 0 amide bonds. The first-order valence-corrected chi connectivity index (χ1v) is 5.25. The Bertz CT molecular complexity index is 341. The zero-order valence-electron chi connectivity index (χ0n) is 8.21. The van der Waals surface area contributed by atoms with Crippen LogP contribution in [-0.2, 0) is 16.1 Å². The lowest BCUT2D eigenvalue weighted by atomic mass is 10.6. The van der Waals surface area contributed by atoms with Crippen molar-refractivity contribution in [2.24, 2.45) is 0 Å². The minimum Gasteiger partial charge on any atom is -0.481 e. The third-order valence-corrected chi connectivity index (χ3v) is 2.42. The van der Waals surface area contributed by atoms with Gasteiger partial charge in [-0.15, -0.1) is 10.2 Å². The zero-order chi connectivity index (χ0) is 11.3. The molecule has 1 aromatic heterocycles. The number of aromatic nitrogens is 3. The molecule has 0 unspecified atom stereocenters. The van der Waals surface area contributed by atoms with Crippen LogP contribution in [0.2, 0.25) is 0 Å². The highest BCUT2D eigenvalue weighted by Crippen LogP contribution is 2.14. The maximum absolute atomic E-state index is 10.3. The summed E-state index contributed by atoms with van der Waals surface area (Å²) in [6.45, 7) is 2.69. The van der Waals surface area contributed by atoms with Gasteiger partial charge in [-0.05, 0) is 6.92 Å². The zero-order valence-corrected chi connectivity index (χ0v) is 9.03. The highest BCUT2D eigenvalue weighted by atomic mass is 32.2. The molecule has 0 radical (unpaired) electrons. The molecule has 0 saturated carbocycles. The van der Waals surface area contributed by atoms with Crippen molar-refractivity contribution >= 4 is 17.7 Å². The van der Waals surface area contributed by atoms with Gasteiger partial charge in [-0.2, -0.15) is 0 Å². The number of carbonyl (C=O) groups is 1. The summed E-state index contributed by atoms with van der Waals surface area (Å²) < 4.78 is 6.35. The summed E-state index contributed by atoms with van der Waals surface area (Å²) in [6.07, 6.45) is 0. The third kappa shape index (κ3) is 3.40. The molecule has 1 rings (SSSR count). The van der Waals surface area contributed by atoms with Crippen molar-refractivity contribution in [2.75, 3.05) is 18.2 Å². The lowest BCUT2D eigenvalue weighted by Crippen LogP contribution is -2.15. The van der Waals surface area contributed by atoms with Crippen molar-refractivity contribution in [3.05, 3.63) is 5.82 Å². The molecule has 0 aliphatic carbocycles. The Hall–Kier alpha value is -1.28. The molecule has 15 heavy (non-hydrogen) atoms. The average molecular weight is 232 g/mol. The molecule has 0 spiro atoms. The lowest BCUT2D eigenvalue weighted by molar-refractivity contribution is -0.133. The largest absolute Gasteiger partial charge is 0.481 e. The Morgan fingerprint density at radius 1 is 1.67 bits per heavy atom. The van der Waals surface area contributed by atoms with E-state index >= 15 is 0 Å². The van der Waals surface area contributed by atoms with Crippen molar-refractivity contribution in [2.45, 2.75) is 18.7 Å². The van der Waals surface area contributed by atoms with Gasteiger partial charge in [-0.25, -0.2) is 4.68 Å². The molecular formula is C7H12N4O3S. The van der Waals surface area contributed by atoms with Crippen molar-refractivity contribution < 1.29 is 14.6 Å². The van der Waals surface area contributed by atoms with Crippen LogP contribution in [0.1, 0.15) is 12.7 Å². The monoisotopic (exact) mass is 232 g/mol. The number of ether oxygens (including phenoxy) is 1. The van der Waals surface area contributed by atoms with Gasteiger partial charge < -0.3 is 15.7 Å². The normalized spacial score (nSPS) is 10.5. The van der Waals surface area contributed by atoms with Crippen molar-refractivity contribution in [3.63, 3.8) is 0 Å². The molecule has 0 aliphatic heterocycles. The molecule has 0 bridgehead atoms. The van der Waals surface area contributed by atoms with Crippen LogP contribution in [0, 0.1) is 0 Å². The van der Waals surface area contributed by atoms with Gasteiger partial charge in [0.1, 0.15) is 6.61 Å². The molecule has 0 saturated heterocycles. The Balaban J connectivity index is 2.58. The van der Waals surface area contributed by atoms with Crippen LogP contribution >= 0.6 is 11.8 Å². The highest BCUT2D eigenvalue weighted by Gasteiger charge is 2.11. The summed E-state index contributed by atoms with van der Waals surface area (Å²) in [5.74, 6) is 5.09. The number of aliphatic carboxylic acids is 1. The van der Waals surface area contributed by atoms with Crippen LogP contribution in [0.4, 0.5) is 0 Å². The molecule has 0 aromatic carbocycles. The molecule has 1 aromatic rings. The van der Waals surface area contributed by atoms with E-state index in [-0.39, 0.29) is 12.4 Å². The van der Waals surface area contributed by atoms with Crippen LogP contribution in [0.5, 0.6) is 0 Å². The topological polar surface area (TPSA) is 103 Å². The van der Waals surface area contributed by atoms with E-state index in [9.17, 15) is 4.79 Å². The molecule has 1 heterocycles. The van der Waals surface area contributed by atoms with Crippen LogP contribution in [0.25, 0.3) is 0 Å². The predicted molar refractivity (Wildman–Crippen MR) is 53.9 cm³/mol. The summed E-state index contributed by atoms with van der Waals surface area (Å²) >= 11 is 1.02. The number of nitrogen functional groups attached to an aromatic ring is 1. The molecular weight excluding hydrogens is 220 g/mol. The number of hydrogen-bond acceptors (Lipinski definition) is 6. The van der Waals surface area contributed by atoms with Gasteiger partial charge in [0.25, 0.3) is 0 Å². The van der Waals surface area contributed by atoms with Crippen LogP contribution in [0.3, 0.4) is 0 Å². The van der Waals surface area contributed by atoms with E-state index in [2.05, 4.69) is 10.2 Å². The first-order chi connectivity index (χ1) is 7.15. The molecule has 0 atom stereocenters. The fourth-order valence-electron chi connectivity index (χ4n) is 0.824. The maximum atomic E-state index is 10.3. The van der Waals surface area contributed by atoms with E-state index in [4.69, 9.17) is 15.7 Å². The molecule has 3 N–H and O–H groups in total. The summed E-state index contributed by atoms with van der Waals surface area (Å²) in [5.41, 5.74) is 0. The smallest absolute Gasteiger partial charge is 0.313 e. The SMILES string of the molecule is CCOCc1nnc(SCC(=O)O)n1N. The second-order valence-corrected chi connectivity index (χ2v) is 3.53. The Morgan fingerprint density at radius 3 is 3.00 bits per heavy atom. The van der Waals surface area contributed by atoms with Crippen LogP contribution in [0.15, 0.2) is 5.16 Å². The number of nitrogens with two attached hydrogens (primary N) is 1. The quantitative estimate of drug-likeness (QED) is 0.513. The van der Waals surface area contributed by atoms with Crippen molar-refractivity contribution in [1.82, 2.24) is 14.9 Å². The third-order valence-electron chi connectivity index (χ3n) is 1.50. The van der Waals surface area contributed by atoms with E-state index in [0.29, 0.717) is 17.6 Å². The average Bonchev–Trinajstić information content (AvgIpc) is 2.54. The number of rotatable bonds is 6. The number of thioether (sulfide) groups is 1. The van der Waals surface area contributed by atoms with Gasteiger partial charge >= 0.3 is 5.97 Å². The van der Waals surface area contributed by atoms with Crippen molar-refractivity contribution in [3.8, 4) is 0 Å². The highest BCUT2D eigenvalue weighted by molar-refractivity contribution is 7.99. The van der Waals surface area contributed by atoms with Gasteiger partial charge in [0, 0.05) is 6.61 Å². The Labute approximate surface area is 90.6 Å². The van der Waals surface area contributed by atoms with Gasteiger partial charge in [-0.3, -0.25) is 4.79 Å². The van der Waals surface area contributed by atoms with Gasteiger partial charge in [0.15, 0.2) is 5.82 Å². The van der Waals surface area contributed by atoms with Crippen LogP contribution in [-0.4, -0.2) is 38.3 Å². The van der Waals surface area contributed by atoms with E-state index in [1.54, 1.807) is 0 Å². The second kappa shape index (κ2) is 5.56. The summed E-state index contributed by atoms with van der Waals surface area (Å²) in [6, 6.07) is 0. The van der Waals surface area contributed by atoms with E-state index < -0.39 is 5.97 Å². The molecule has 84 valence electrons. The molecule has 8 heteroatoms. The minimum atomic E-state index is -0.922. The number of carboxylic acids is 1. The Kier molecular flexibility index (Phi) is 4.37. The predicted octanol–water partition coefficient (Wildman–Crippen LogP) is -0.295. The maximum Gasteiger partial charge on any atom is 0.313 e. The van der Waals surface area contributed by atoms with Gasteiger partial charge in [0.2, 0.25) is 5.16 Å². The molecule has 0 aliphatic rings.